The van der Waals surface area contributed by atoms with Gasteiger partial charge in [-0.25, -0.2) is 23.3 Å². The molecule has 5 heterocycles. The minimum atomic E-state index is -5.97. The predicted octanol–water partition coefficient (Wildman–Crippen LogP) is 5.30. The number of amides is 2. The molecule has 0 saturated heterocycles. The lowest BCUT2D eigenvalue weighted by atomic mass is 10.0. The average Bonchev–Trinajstić information content (AvgIpc) is 3.56. The molecule has 2 amide bonds. The number of fused-ring (bicyclic) bond motifs is 2. The molecule has 0 fully saturated rings. The van der Waals surface area contributed by atoms with Crippen molar-refractivity contribution in [2.45, 2.75) is 32.4 Å². The van der Waals surface area contributed by atoms with Crippen molar-refractivity contribution in [3.05, 3.63) is 57.7 Å². The molecule has 10 nitrogen and oxygen atoms in total. The van der Waals surface area contributed by atoms with Crippen molar-refractivity contribution in [3.8, 4) is 11.1 Å². The third-order valence-corrected chi connectivity index (χ3v) is 7.24. The normalized spacial score (nSPS) is 12.5. The summed E-state index contributed by atoms with van der Waals surface area (Å²) in [5, 5.41) is 10.3. The van der Waals surface area contributed by atoms with Crippen molar-refractivity contribution in [2.24, 2.45) is 12.8 Å². The minimum absolute atomic E-state index is 0.0460. The molecule has 0 aliphatic heterocycles. The van der Waals surface area contributed by atoms with Gasteiger partial charge in [0.2, 0.25) is 0 Å². The zero-order valence-corrected chi connectivity index (χ0v) is 22.3. The number of pyridine rings is 1. The molecule has 220 valence electrons. The van der Waals surface area contributed by atoms with Gasteiger partial charge in [-0.05, 0) is 31.5 Å². The van der Waals surface area contributed by atoms with Crippen LogP contribution in [0, 0.1) is 13.8 Å². The van der Waals surface area contributed by atoms with E-state index in [0.29, 0.717) is 28.7 Å². The summed E-state index contributed by atoms with van der Waals surface area (Å²) in [5.74, 6) is -7.54. The topological polar surface area (TPSA) is 133 Å². The zero-order chi connectivity index (χ0) is 30.9. The molecule has 0 aliphatic rings. The molecule has 0 unspecified atom stereocenters. The van der Waals surface area contributed by atoms with E-state index in [4.69, 9.17) is 5.73 Å². The van der Waals surface area contributed by atoms with Gasteiger partial charge in [0.25, 0.3) is 18.2 Å². The number of aryl methyl sites for hydroxylation is 3. The second kappa shape index (κ2) is 9.74. The Kier molecular flexibility index (Phi) is 6.71. The minimum Gasteiger partial charge on any atom is -0.365 e. The van der Waals surface area contributed by atoms with Gasteiger partial charge in [-0.3, -0.25) is 14.3 Å². The molecule has 3 N–H and O–H groups in total. The van der Waals surface area contributed by atoms with Crippen LogP contribution in [-0.2, 0) is 13.0 Å². The Morgan fingerprint density at radius 1 is 1.02 bits per heavy atom. The van der Waals surface area contributed by atoms with Gasteiger partial charge >= 0.3 is 12.1 Å². The Bertz CT molecular complexity index is 1910. The van der Waals surface area contributed by atoms with Crippen molar-refractivity contribution in [2.75, 3.05) is 5.32 Å². The van der Waals surface area contributed by atoms with E-state index in [2.05, 4.69) is 25.5 Å². The number of hydrogen-bond acceptors (Lipinski definition) is 7. The number of rotatable bonds is 6. The fraction of sp³-hybridized carbons (Fsp3) is 0.250. The van der Waals surface area contributed by atoms with E-state index >= 15 is 0 Å². The van der Waals surface area contributed by atoms with E-state index in [1.54, 1.807) is 14.0 Å². The summed E-state index contributed by atoms with van der Waals surface area (Å²) >= 11 is 0.615. The van der Waals surface area contributed by atoms with Crippen molar-refractivity contribution in [3.63, 3.8) is 0 Å². The number of aromatic nitrogens is 6. The second-order valence-corrected chi connectivity index (χ2v) is 10.2. The van der Waals surface area contributed by atoms with Crippen molar-refractivity contribution < 1.29 is 40.3 Å². The van der Waals surface area contributed by atoms with Gasteiger partial charge in [0.05, 0.1) is 11.4 Å². The quantitative estimate of drug-likeness (QED) is 0.250. The summed E-state index contributed by atoms with van der Waals surface area (Å²) in [4.78, 5) is 33.1. The molecule has 0 aromatic carbocycles. The van der Waals surface area contributed by atoms with Gasteiger partial charge in [-0.2, -0.15) is 32.1 Å². The van der Waals surface area contributed by atoms with Gasteiger partial charge < -0.3 is 11.1 Å². The highest BCUT2D eigenvalue weighted by Crippen LogP contribution is 2.45. The lowest BCUT2D eigenvalue weighted by molar-refractivity contribution is -0.291. The standard InChI is InChI=1S/C24H17F7N8O2S/c1-8-4-14(23(27,28)24(29,30)31)39-15(33-8)6-13(37-39)21(41)35-17-16-10(11-7-38(3)36-9(11)2)5-12(19(25)26)34-22(16)42-18(17)20(32)40/h4-7,19H,1-3H3,(H2,32,40)(H,35,41). The molecule has 0 bridgehead atoms. The van der Waals surface area contributed by atoms with Crippen LogP contribution in [0.2, 0.25) is 0 Å². The Balaban J connectivity index is 1.69. The summed E-state index contributed by atoms with van der Waals surface area (Å²) in [6, 6.07) is 2.42. The Hall–Kier alpha value is -4.61. The molecule has 5 rings (SSSR count). The molecule has 0 spiro atoms. The first-order chi connectivity index (χ1) is 19.5. The third-order valence-electron chi connectivity index (χ3n) is 6.14. The van der Waals surface area contributed by atoms with E-state index in [1.807, 2.05) is 0 Å². The molecule has 5 aromatic heterocycles. The summed E-state index contributed by atoms with van der Waals surface area (Å²) in [5.41, 5.74) is 2.62. The van der Waals surface area contributed by atoms with Crippen molar-refractivity contribution in [1.29, 1.82) is 0 Å². The molecular weight excluding hydrogens is 597 g/mol. The number of primary amides is 1. The van der Waals surface area contributed by atoms with Gasteiger partial charge in [0, 0.05) is 36.0 Å². The molecule has 42 heavy (non-hydrogen) atoms. The number of nitrogens with two attached hydrogens (primary N) is 1. The van der Waals surface area contributed by atoms with Crippen LogP contribution in [0.5, 0.6) is 0 Å². The number of hydrogen-bond donors (Lipinski definition) is 2. The van der Waals surface area contributed by atoms with Crippen LogP contribution in [0.3, 0.4) is 0 Å². The number of thiophene rings is 1. The maximum atomic E-state index is 14.3. The van der Waals surface area contributed by atoms with Crippen LogP contribution in [0.1, 0.15) is 49.4 Å². The SMILES string of the molecule is Cc1cc(C(F)(F)C(F)(F)F)n2nc(C(=O)Nc3c(C(N)=O)sc4nc(C(F)F)cc(-c5cn(C)nc5C)c34)cc2n1. The largest absolute Gasteiger partial charge is 0.459 e. The number of nitrogens with one attached hydrogen (secondary N) is 1. The van der Waals surface area contributed by atoms with Gasteiger partial charge in [-0.1, -0.05) is 0 Å². The smallest absolute Gasteiger partial charge is 0.365 e. The first-order valence-electron chi connectivity index (χ1n) is 11.7. The van der Waals surface area contributed by atoms with Crippen molar-refractivity contribution >= 4 is 44.7 Å². The summed E-state index contributed by atoms with van der Waals surface area (Å²) in [6.07, 6.45) is -7.45. The first kappa shape index (κ1) is 28.9. The lowest BCUT2D eigenvalue weighted by Gasteiger charge is -2.20. The van der Waals surface area contributed by atoms with E-state index in [1.165, 1.54) is 17.8 Å². The van der Waals surface area contributed by atoms with Crippen LogP contribution in [0.15, 0.2) is 24.4 Å². The maximum absolute atomic E-state index is 14.3. The van der Waals surface area contributed by atoms with Crippen LogP contribution in [-0.4, -0.2) is 47.4 Å². The van der Waals surface area contributed by atoms with Crippen LogP contribution >= 0.6 is 11.3 Å². The highest BCUT2D eigenvalue weighted by Gasteiger charge is 2.60. The highest BCUT2D eigenvalue weighted by atomic mass is 32.1. The number of nitrogens with zero attached hydrogens (tertiary/aromatic N) is 6. The predicted molar refractivity (Wildman–Crippen MR) is 136 cm³/mol. The number of anilines is 1. The summed E-state index contributed by atoms with van der Waals surface area (Å²) in [7, 11) is 1.59. The monoisotopic (exact) mass is 614 g/mol. The molecule has 5 aromatic rings. The second-order valence-electron chi connectivity index (χ2n) is 9.16. The Morgan fingerprint density at radius 2 is 1.71 bits per heavy atom. The molecule has 0 saturated carbocycles. The molecule has 0 atom stereocenters. The fourth-order valence-electron chi connectivity index (χ4n) is 4.36. The maximum Gasteiger partial charge on any atom is 0.459 e. The fourth-order valence-corrected chi connectivity index (χ4v) is 5.37. The molecular formula is C24H17F7N8O2S. The third kappa shape index (κ3) is 4.70. The number of carbonyl (C=O) groups is 2. The molecule has 0 aliphatic carbocycles. The number of alkyl halides is 7. The Morgan fingerprint density at radius 3 is 2.29 bits per heavy atom. The number of halogens is 7. The zero-order valence-electron chi connectivity index (χ0n) is 21.5. The van der Waals surface area contributed by atoms with Crippen molar-refractivity contribution in [1.82, 2.24) is 29.4 Å². The molecule has 18 heteroatoms. The first-order valence-corrected chi connectivity index (χ1v) is 12.5. The van der Waals surface area contributed by atoms with E-state index in [-0.39, 0.29) is 36.6 Å². The average molecular weight is 615 g/mol. The van der Waals surface area contributed by atoms with Gasteiger partial charge in [-0.15, -0.1) is 11.3 Å². The van der Waals surface area contributed by atoms with Gasteiger partial charge in [0.1, 0.15) is 21.1 Å². The van der Waals surface area contributed by atoms with Crippen LogP contribution < -0.4 is 11.1 Å². The Labute approximate surface area is 234 Å². The van der Waals surface area contributed by atoms with Crippen LogP contribution in [0.4, 0.5) is 36.4 Å². The molecule has 0 radical (unpaired) electrons. The summed E-state index contributed by atoms with van der Waals surface area (Å²) < 4.78 is 97.2. The van der Waals surface area contributed by atoms with Crippen LogP contribution in [0.25, 0.3) is 27.0 Å². The van der Waals surface area contributed by atoms with E-state index in [9.17, 15) is 40.3 Å². The summed E-state index contributed by atoms with van der Waals surface area (Å²) in [6.45, 7) is 2.78. The van der Waals surface area contributed by atoms with E-state index < -0.39 is 53.1 Å². The lowest BCUT2D eigenvalue weighted by Crippen LogP contribution is -2.36. The highest BCUT2D eigenvalue weighted by molar-refractivity contribution is 7.21. The van der Waals surface area contributed by atoms with Gasteiger partial charge in [0.15, 0.2) is 11.3 Å². The number of carbonyl (C=O) groups excluding carboxylic acids is 2. The van der Waals surface area contributed by atoms with E-state index in [0.717, 1.165) is 12.1 Å².